The highest BCUT2D eigenvalue weighted by Crippen LogP contribution is 2.28. The molecule has 2 aromatic rings. The van der Waals surface area contributed by atoms with Crippen LogP contribution in [0.1, 0.15) is 13.8 Å². The standard InChI is InChI=1S/C18H20N2O2/c1-4-12-19-18(22)13(2)20(14(3)21)17-11-7-9-15-8-5-6-10-16(15)17/h4-11,13H,1,12H2,2-3H3,(H,19,22)/t13-/m0/s1. The highest BCUT2D eigenvalue weighted by Gasteiger charge is 2.25. The van der Waals surface area contributed by atoms with Crippen molar-refractivity contribution in [2.45, 2.75) is 19.9 Å². The molecule has 1 N–H and O–H groups in total. The Morgan fingerprint density at radius 1 is 1.23 bits per heavy atom. The van der Waals surface area contributed by atoms with E-state index in [1.54, 1.807) is 13.0 Å². The molecule has 0 aliphatic heterocycles. The Labute approximate surface area is 130 Å². The van der Waals surface area contributed by atoms with Gasteiger partial charge in [-0.2, -0.15) is 0 Å². The van der Waals surface area contributed by atoms with Crippen LogP contribution in [0.5, 0.6) is 0 Å². The molecule has 1 atom stereocenters. The molecule has 0 saturated carbocycles. The second kappa shape index (κ2) is 6.89. The van der Waals surface area contributed by atoms with Crippen LogP contribution in [0, 0.1) is 0 Å². The molecule has 0 aromatic heterocycles. The van der Waals surface area contributed by atoms with Crippen molar-refractivity contribution in [3.05, 3.63) is 55.1 Å². The lowest BCUT2D eigenvalue weighted by atomic mass is 10.1. The minimum Gasteiger partial charge on any atom is -0.351 e. The van der Waals surface area contributed by atoms with Crippen molar-refractivity contribution < 1.29 is 9.59 Å². The summed E-state index contributed by atoms with van der Waals surface area (Å²) < 4.78 is 0. The van der Waals surface area contributed by atoms with E-state index in [0.29, 0.717) is 6.54 Å². The fourth-order valence-corrected chi connectivity index (χ4v) is 2.51. The molecule has 114 valence electrons. The van der Waals surface area contributed by atoms with Crippen molar-refractivity contribution in [2.75, 3.05) is 11.4 Å². The molecular formula is C18H20N2O2. The topological polar surface area (TPSA) is 49.4 Å². The summed E-state index contributed by atoms with van der Waals surface area (Å²) in [6.45, 7) is 7.15. The van der Waals surface area contributed by atoms with Gasteiger partial charge in [0.1, 0.15) is 6.04 Å². The summed E-state index contributed by atoms with van der Waals surface area (Å²) in [6, 6.07) is 13.0. The number of anilines is 1. The van der Waals surface area contributed by atoms with Gasteiger partial charge in [-0.25, -0.2) is 0 Å². The third kappa shape index (κ3) is 3.17. The predicted molar refractivity (Wildman–Crippen MR) is 89.8 cm³/mol. The van der Waals surface area contributed by atoms with Gasteiger partial charge in [0.05, 0.1) is 5.69 Å². The van der Waals surface area contributed by atoms with Crippen molar-refractivity contribution in [2.24, 2.45) is 0 Å². The third-order valence-electron chi connectivity index (χ3n) is 3.55. The normalized spacial score (nSPS) is 11.7. The number of fused-ring (bicyclic) bond motifs is 1. The summed E-state index contributed by atoms with van der Waals surface area (Å²) in [5.74, 6) is -0.374. The molecule has 0 spiro atoms. The molecule has 0 radical (unpaired) electrons. The largest absolute Gasteiger partial charge is 0.351 e. The maximum absolute atomic E-state index is 12.2. The zero-order valence-electron chi connectivity index (χ0n) is 12.9. The van der Waals surface area contributed by atoms with Gasteiger partial charge in [-0.05, 0) is 18.4 Å². The van der Waals surface area contributed by atoms with Gasteiger partial charge in [0.2, 0.25) is 11.8 Å². The molecule has 0 bridgehead atoms. The Morgan fingerprint density at radius 2 is 1.91 bits per heavy atom. The van der Waals surface area contributed by atoms with Crippen LogP contribution >= 0.6 is 0 Å². The average Bonchev–Trinajstić information content (AvgIpc) is 2.52. The second-order valence-electron chi connectivity index (χ2n) is 5.10. The Morgan fingerprint density at radius 3 is 2.59 bits per heavy atom. The van der Waals surface area contributed by atoms with Crippen LogP contribution in [-0.2, 0) is 9.59 Å². The molecule has 0 fully saturated rings. The van der Waals surface area contributed by atoms with Gasteiger partial charge in [0.15, 0.2) is 0 Å². The molecule has 4 heteroatoms. The summed E-state index contributed by atoms with van der Waals surface area (Å²) in [7, 11) is 0. The molecule has 0 unspecified atom stereocenters. The van der Waals surface area contributed by atoms with E-state index in [4.69, 9.17) is 0 Å². The third-order valence-corrected chi connectivity index (χ3v) is 3.55. The lowest BCUT2D eigenvalue weighted by Gasteiger charge is -2.28. The highest BCUT2D eigenvalue weighted by molar-refractivity contribution is 6.06. The number of nitrogens with zero attached hydrogens (tertiary/aromatic N) is 1. The van der Waals surface area contributed by atoms with Gasteiger partial charge in [0.25, 0.3) is 0 Å². The number of nitrogens with one attached hydrogen (secondary N) is 1. The van der Waals surface area contributed by atoms with Crippen LogP contribution in [0.25, 0.3) is 10.8 Å². The van der Waals surface area contributed by atoms with Gasteiger partial charge in [-0.1, -0.05) is 42.5 Å². The van der Waals surface area contributed by atoms with E-state index in [2.05, 4.69) is 11.9 Å². The zero-order chi connectivity index (χ0) is 16.1. The van der Waals surface area contributed by atoms with E-state index in [-0.39, 0.29) is 11.8 Å². The number of hydrogen-bond donors (Lipinski definition) is 1. The van der Waals surface area contributed by atoms with Crippen LogP contribution in [-0.4, -0.2) is 24.4 Å². The van der Waals surface area contributed by atoms with E-state index >= 15 is 0 Å². The molecule has 2 rings (SSSR count). The summed E-state index contributed by atoms with van der Waals surface area (Å²) in [6.07, 6.45) is 1.61. The maximum Gasteiger partial charge on any atom is 0.243 e. The Kier molecular flexibility index (Phi) is 4.94. The van der Waals surface area contributed by atoms with Crippen molar-refractivity contribution in [3.63, 3.8) is 0 Å². The molecule has 0 saturated heterocycles. The first-order valence-corrected chi connectivity index (χ1v) is 7.22. The van der Waals surface area contributed by atoms with Crippen LogP contribution in [0.2, 0.25) is 0 Å². The first kappa shape index (κ1) is 15.8. The molecule has 2 aromatic carbocycles. The smallest absolute Gasteiger partial charge is 0.243 e. The van der Waals surface area contributed by atoms with Crippen LogP contribution < -0.4 is 10.2 Å². The van der Waals surface area contributed by atoms with E-state index in [1.165, 1.54) is 11.8 Å². The fourth-order valence-electron chi connectivity index (χ4n) is 2.51. The van der Waals surface area contributed by atoms with E-state index in [0.717, 1.165) is 16.5 Å². The summed E-state index contributed by atoms with van der Waals surface area (Å²) in [5.41, 5.74) is 0.742. The molecule has 0 aliphatic rings. The number of benzene rings is 2. The Hall–Kier alpha value is -2.62. The quantitative estimate of drug-likeness (QED) is 0.863. The molecule has 4 nitrogen and oxygen atoms in total. The van der Waals surface area contributed by atoms with Gasteiger partial charge < -0.3 is 5.32 Å². The van der Waals surface area contributed by atoms with Gasteiger partial charge in [-0.3, -0.25) is 14.5 Å². The lowest BCUT2D eigenvalue weighted by molar-refractivity contribution is -0.125. The minimum atomic E-state index is -0.594. The minimum absolute atomic E-state index is 0.169. The number of carbonyl (C=O) groups excluding carboxylic acids is 2. The molecule has 0 heterocycles. The first-order chi connectivity index (χ1) is 10.6. The SMILES string of the molecule is C=CCNC(=O)[C@H](C)N(C(C)=O)c1cccc2ccccc12. The first-order valence-electron chi connectivity index (χ1n) is 7.22. The molecular weight excluding hydrogens is 276 g/mol. The molecule has 2 amide bonds. The number of rotatable bonds is 5. The maximum atomic E-state index is 12.2. The summed E-state index contributed by atoms with van der Waals surface area (Å²) in [5, 5.41) is 4.71. The zero-order valence-corrected chi connectivity index (χ0v) is 12.9. The van der Waals surface area contributed by atoms with Gasteiger partial charge >= 0.3 is 0 Å². The van der Waals surface area contributed by atoms with E-state index in [1.807, 2.05) is 42.5 Å². The number of carbonyl (C=O) groups is 2. The number of amides is 2. The van der Waals surface area contributed by atoms with Crippen LogP contribution in [0.3, 0.4) is 0 Å². The van der Waals surface area contributed by atoms with Crippen molar-refractivity contribution >= 4 is 28.3 Å². The number of hydrogen-bond acceptors (Lipinski definition) is 2. The fraction of sp³-hybridized carbons (Fsp3) is 0.222. The molecule has 22 heavy (non-hydrogen) atoms. The van der Waals surface area contributed by atoms with Crippen molar-refractivity contribution in [3.8, 4) is 0 Å². The molecule has 0 aliphatic carbocycles. The second-order valence-corrected chi connectivity index (χ2v) is 5.10. The Balaban J connectivity index is 2.44. The van der Waals surface area contributed by atoms with E-state index < -0.39 is 6.04 Å². The van der Waals surface area contributed by atoms with Crippen molar-refractivity contribution in [1.82, 2.24) is 5.32 Å². The lowest BCUT2D eigenvalue weighted by Crippen LogP contribution is -2.47. The Bertz CT molecular complexity index is 704. The summed E-state index contributed by atoms with van der Waals surface area (Å²) in [4.78, 5) is 25.9. The van der Waals surface area contributed by atoms with Crippen LogP contribution in [0.4, 0.5) is 5.69 Å². The highest BCUT2D eigenvalue weighted by atomic mass is 16.2. The van der Waals surface area contributed by atoms with E-state index in [9.17, 15) is 9.59 Å². The summed E-state index contributed by atoms with van der Waals surface area (Å²) >= 11 is 0. The average molecular weight is 296 g/mol. The van der Waals surface area contributed by atoms with Crippen molar-refractivity contribution in [1.29, 1.82) is 0 Å². The predicted octanol–water partition coefficient (Wildman–Crippen LogP) is 2.88. The van der Waals surface area contributed by atoms with Gasteiger partial charge in [-0.15, -0.1) is 6.58 Å². The monoisotopic (exact) mass is 296 g/mol. The van der Waals surface area contributed by atoms with Crippen LogP contribution in [0.15, 0.2) is 55.1 Å². The van der Waals surface area contributed by atoms with Gasteiger partial charge in [0, 0.05) is 18.9 Å².